The maximum absolute atomic E-state index is 11.6. The number of hydrogen-bond acceptors (Lipinski definition) is 4. The van der Waals surface area contributed by atoms with Crippen molar-refractivity contribution >= 4 is 23.0 Å². The number of esters is 1. The number of carbonyl (C=O) groups excluding carboxylic acids is 1. The first-order valence-electron chi connectivity index (χ1n) is 5.91. The molecule has 2 aromatic rings. The van der Waals surface area contributed by atoms with Gasteiger partial charge in [-0.1, -0.05) is 17.7 Å². The Kier molecular flexibility index (Phi) is 3.71. The van der Waals surface area contributed by atoms with E-state index in [1.165, 1.54) is 12.7 Å². The summed E-state index contributed by atoms with van der Waals surface area (Å²) in [7, 11) is 1.34. The second kappa shape index (κ2) is 5.44. The Hall–Kier alpha value is -2.49. The van der Waals surface area contributed by atoms with Gasteiger partial charge in [0.15, 0.2) is 0 Å². The highest BCUT2D eigenvalue weighted by Crippen LogP contribution is 2.22. The van der Waals surface area contributed by atoms with Gasteiger partial charge < -0.3 is 15.8 Å². The average Bonchev–Trinajstić information content (AvgIpc) is 2.42. The Balaban J connectivity index is 2.26. The molecule has 0 atom stereocenters. The largest absolute Gasteiger partial charge is 0.465 e. The molecule has 0 aliphatic carbocycles. The molecule has 0 aromatic heterocycles. The van der Waals surface area contributed by atoms with Crippen molar-refractivity contribution in [3.8, 4) is 0 Å². The van der Waals surface area contributed by atoms with Crippen LogP contribution in [0, 0.1) is 6.92 Å². The minimum atomic E-state index is -0.440. The van der Waals surface area contributed by atoms with E-state index in [0.29, 0.717) is 11.3 Å². The Morgan fingerprint density at radius 1 is 1.11 bits per heavy atom. The normalized spacial score (nSPS) is 10.0. The van der Waals surface area contributed by atoms with Gasteiger partial charge in [0.05, 0.1) is 12.7 Å². The predicted molar refractivity (Wildman–Crippen MR) is 76.7 cm³/mol. The van der Waals surface area contributed by atoms with Crippen LogP contribution in [0.1, 0.15) is 15.9 Å². The minimum absolute atomic E-state index is 0.361. The van der Waals surface area contributed by atoms with Crippen LogP contribution in [0.25, 0.3) is 0 Å². The van der Waals surface area contributed by atoms with E-state index in [1.807, 2.05) is 37.3 Å². The van der Waals surface area contributed by atoms with Crippen LogP contribution in [0.5, 0.6) is 0 Å². The third kappa shape index (κ3) is 3.04. The minimum Gasteiger partial charge on any atom is -0.465 e. The lowest BCUT2D eigenvalue weighted by molar-refractivity contribution is 0.0602. The standard InChI is InChI=1S/C15H16N2O2/c1-10-3-5-11(6-4-10)17-12-7-8-14(16)13(9-12)15(18)19-2/h3-9,17H,16H2,1-2H3. The topological polar surface area (TPSA) is 64.3 Å². The summed E-state index contributed by atoms with van der Waals surface area (Å²) in [5, 5.41) is 3.21. The first-order chi connectivity index (χ1) is 9.10. The number of ether oxygens (including phenoxy) is 1. The van der Waals surface area contributed by atoms with Gasteiger partial charge in [0, 0.05) is 17.1 Å². The number of aryl methyl sites for hydroxylation is 1. The molecule has 0 unspecified atom stereocenters. The van der Waals surface area contributed by atoms with Crippen molar-refractivity contribution < 1.29 is 9.53 Å². The molecule has 0 saturated carbocycles. The van der Waals surface area contributed by atoms with Crippen molar-refractivity contribution in [1.82, 2.24) is 0 Å². The van der Waals surface area contributed by atoms with Crippen molar-refractivity contribution in [2.24, 2.45) is 0 Å². The van der Waals surface area contributed by atoms with E-state index >= 15 is 0 Å². The molecule has 98 valence electrons. The Morgan fingerprint density at radius 3 is 2.37 bits per heavy atom. The highest BCUT2D eigenvalue weighted by atomic mass is 16.5. The smallest absolute Gasteiger partial charge is 0.340 e. The van der Waals surface area contributed by atoms with Gasteiger partial charge in [-0.05, 0) is 37.3 Å². The summed E-state index contributed by atoms with van der Waals surface area (Å²) in [4.78, 5) is 11.6. The lowest BCUT2D eigenvalue weighted by Gasteiger charge is -2.10. The number of methoxy groups -OCH3 is 1. The Bertz CT molecular complexity index is 592. The molecular weight excluding hydrogens is 240 g/mol. The second-order valence-corrected chi connectivity index (χ2v) is 4.28. The molecule has 19 heavy (non-hydrogen) atoms. The zero-order chi connectivity index (χ0) is 13.8. The van der Waals surface area contributed by atoms with E-state index in [2.05, 4.69) is 5.32 Å². The molecule has 2 rings (SSSR count). The van der Waals surface area contributed by atoms with Crippen molar-refractivity contribution in [2.75, 3.05) is 18.2 Å². The quantitative estimate of drug-likeness (QED) is 0.654. The van der Waals surface area contributed by atoms with E-state index < -0.39 is 5.97 Å². The zero-order valence-electron chi connectivity index (χ0n) is 10.9. The zero-order valence-corrected chi connectivity index (χ0v) is 10.9. The van der Waals surface area contributed by atoms with Gasteiger partial charge >= 0.3 is 5.97 Å². The van der Waals surface area contributed by atoms with E-state index in [1.54, 1.807) is 12.1 Å². The van der Waals surface area contributed by atoms with Crippen LogP contribution in [-0.2, 0) is 4.74 Å². The maximum Gasteiger partial charge on any atom is 0.340 e. The lowest BCUT2D eigenvalue weighted by Crippen LogP contribution is -2.06. The number of hydrogen-bond donors (Lipinski definition) is 2. The fourth-order valence-electron chi connectivity index (χ4n) is 1.72. The maximum atomic E-state index is 11.6. The van der Waals surface area contributed by atoms with Crippen LogP contribution in [0.2, 0.25) is 0 Å². The molecule has 0 heterocycles. The van der Waals surface area contributed by atoms with E-state index in [9.17, 15) is 4.79 Å². The van der Waals surface area contributed by atoms with Crippen molar-refractivity contribution in [2.45, 2.75) is 6.92 Å². The van der Waals surface area contributed by atoms with Crippen LogP contribution in [0.3, 0.4) is 0 Å². The molecule has 0 fully saturated rings. The second-order valence-electron chi connectivity index (χ2n) is 4.28. The van der Waals surface area contributed by atoms with Crippen molar-refractivity contribution in [3.63, 3.8) is 0 Å². The van der Waals surface area contributed by atoms with Crippen LogP contribution in [-0.4, -0.2) is 13.1 Å². The Morgan fingerprint density at radius 2 is 1.74 bits per heavy atom. The summed E-state index contributed by atoms with van der Waals surface area (Å²) in [6, 6.07) is 13.2. The van der Waals surface area contributed by atoms with Crippen LogP contribution < -0.4 is 11.1 Å². The van der Waals surface area contributed by atoms with E-state index in [4.69, 9.17) is 10.5 Å². The molecule has 4 heteroatoms. The lowest BCUT2D eigenvalue weighted by atomic mass is 10.1. The summed E-state index contributed by atoms with van der Waals surface area (Å²) >= 11 is 0. The molecule has 0 aliphatic heterocycles. The number of nitrogens with one attached hydrogen (secondary N) is 1. The fourth-order valence-corrected chi connectivity index (χ4v) is 1.72. The number of nitrogens with two attached hydrogens (primary N) is 1. The number of carbonyl (C=O) groups is 1. The van der Waals surface area contributed by atoms with Gasteiger partial charge in [-0.2, -0.15) is 0 Å². The van der Waals surface area contributed by atoms with Crippen LogP contribution >= 0.6 is 0 Å². The van der Waals surface area contributed by atoms with Gasteiger partial charge in [0.2, 0.25) is 0 Å². The molecule has 0 spiro atoms. The average molecular weight is 256 g/mol. The SMILES string of the molecule is COC(=O)c1cc(Nc2ccc(C)cc2)ccc1N. The first kappa shape index (κ1) is 13.0. The van der Waals surface area contributed by atoms with Crippen molar-refractivity contribution in [3.05, 3.63) is 53.6 Å². The summed E-state index contributed by atoms with van der Waals surface area (Å²) in [5.41, 5.74) is 9.45. The fraction of sp³-hybridized carbons (Fsp3) is 0.133. The number of nitrogen functional groups attached to an aromatic ring is 1. The molecule has 0 amide bonds. The first-order valence-corrected chi connectivity index (χ1v) is 5.91. The predicted octanol–water partition coefficient (Wildman–Crippen LogP) is 3.11. The number of rotatable bonds is 3. The van der Waals surface area contributed by atoms with Crippen LogP contribution in [0.15, 0.2) is 42.5 Å². The molecule has 4 nitrogen and oxygen atoms in total. The van der Waals surface area contributed by atoms with Gasteiger partial charge in [-0.25, -0.2) is 4.79 Å². The molecule has 0 saturated heterocycles. The molecule has 2 aromatic carbocycles. The van der Waals surface area contributed by atoms with Gasteiger partial charge in [-0.3, -0.25) is 0 Å². The highest BCUT2D eigenvalue weighted by Gasteiger charge is 2.10. The third-order valence-electron chi connectivity index (χ3n) is 2.80. The van der Waals surface area contributed by atoms with E-state index in [0.717, 1.165) is 11.4 Å². The Labute approximate surface area is 112 Å². The van der Waals surface area contributed by atoms with Gasteiger partial charge in [0.25, 0.3) is 0 Å². The summed E-state index contributed by atoms with van der Waals surface area (Å²) in [5.74, 6) is -0.440. The summed E-state index contributed by atoms with van der Waals surface area (Å²) in [6.07, 6.45) is 0. The van der Waals surface area contributed by atoms with E-state index in [-0.39, 0.29) is 0 Å². The molecule has 3 N–H and O–H groups in total. The number of anilines is 3. The highest BCUT2D eigenvalue weighted by molar-refractivity contribution is 5.96. The van der Waals surface area contributed by atoms with Gasteiger partial charge in [0.1, 0.15) is 0 Å². The summed E-state index contributed by atoms with van der Waals surface area (Å²) in [6.45, 7) is 2.03. The summed E-state index contributed by atoms with van der Waals surface area (Å²) < 4.78 is 4.69. The van der Waals surface area contributed by atoms with Gasteiger partial charge in [-0.15, -0.1) is 0 Å². The number of benzene rings is 2. The third-order valence-corrected chi connectivity index (χ3v) is 2.80. The molecule has 0 bridgehead atoms. The molecule has 0 radical (unpaired) electrons. The molecular formula is C15H16N2O2. The van der Waals surface area contributed by atoms with Crippen molar-refractivity contribution in [1.29, 1.82) is 0 Å². The molecule has 0 aliphatic rings. The van der Waals surface area contributed by atoms with Crippen LogP contribution in [0.4, 0.5) is 17.1 Å². The monoisotopic (exact) mass is 256 g/mol.